The number of imidazole rings is 1. The summed E-state index contributed by atoms with van der Waals surface area (Å²) in [5.74, 6) is 0. The van der Waals surface area contributed by atoms with Crippen molar-refractivity contribution in [2.75, 3.05) is 0 Å². The van der Waals surface area contributed by atoms with Crippen molar-refractivity contribution in [3.8, 4) is 17.8 Å². The number of pyridine rings is 1. The van der Waals surface area contributed by atoms with Gasteiger partial charge in [0, 0.05) is 16.2 Å². The lowest BCUT2D eigenvalue weighted by molar-refractivity contribution is 1.10. The Morgan fingerprint density at radius 1 is 0.618 bits per heavy atom. The van der Waals surface area contributed by atoms with Crippen molar-refractivity contribution in [1.29, 1.82) is 10.5 Å². The molecule has 156 valence electrons. The zero-order valence-corrected chi connectivity index (χ0v) is 17.9. The van der Waals surface area contributed by atoms with Crippen molar-refractivity contribution >= 4 is 49.4 Å². The monoisotopic (exact) mass is 433 g/mol. The van der Waals surface area contributed by atoms with Crippen LogP contribution in [0.5, 0.6) is 0 Å². The highest BCUT2D eigenvalue weighted by atomic mass is 15.1. The van der Waals surface area contributed by atoms with Gasteiger partial charge in [-0.15, -0.1) is 0 Å². The van der Waals surface area contributed by atoms with Crippen molar-refractivity contribution in [3.05, 3.63) is 102 Å². The minimum Gasteiger partial charge on any atom is -0.292 e. The molecule has 0 atom stereocenters. The average Bonchev–Trinajstić information content (AvgIpc) is 3.44. The van der Waals surface area contributed by atoms with E-state index in [-0.39, 0.29) is 0 Å². The number of hydrogen-bond donors (Lipinski definition) is 0. The van der Waals surface area contributed by atoms with Crippen molar-refractivity contribution < 1.29 is 0 Å². The molecule has 0 saturated carbocycles. The molecule has 5 heteroatoms. The molecule has 3 aromatic heterocycles. The number of fused-ring (bicyclic) bond motifs is 10. The summed E-state index contributed by atoms with van der Waals surface area (Å²) in [6.07, 6.45) is 0. The Kier molecular flexibility index (Phi) is 3.63. The van der Waals surface area contributed by atoms with Crippen LogP contribution in [-0.4, -0.2) is 14.0 Å². The minimum absolute atomic E-state index is 0.451. The summed E-state index contributed by atoms with van der Waals surface area (Å²) in [7, 11) is 0. The molecule has 0 aliphatic rings. The zero-order chi connectivity index (χ0) is 22.8. The highest BCUT2D eigenvalue weighted by Gasteiger charge is 2.23. The molecule has 0 unspecified atom stereocenters. The topological polar surface area (TPSA) is 69.8 Å². The fraction of sp³-hybridized carbons (Fsp3) is 0. The number of nitrogens with zero attached hydrogens (tertiary/aromatic N) is 5. The first-order chi connectivity index (χ1) is 16.8. The van der Waals surface area contributed by atoms with Crippen LogP contribution < -0.4 is 0 Å². The Morgan fingerprint density at radius 2 is 1.24 bits per heavy atom. The average molecular weight is 433 g/mol. The van der Waals surface area contributed by atoms with Gasteiger partial charge in [-0.25, -0.2) is 4.98 Å². The van der Waals surface area contributed by atoms with Crippen LogP contribution in [0.15, 0.2) is 91.0 Å². The standard InChI is InChI=1S/C29H15N5/c30-16-18-8-7-9-19(17-31)27(18)33-24-14-5-3-12-22(24)26-20-10-1-2-11-21(20)28-32-23-13-4-6-15-25(23)34(28)29(26)33/h1-15H. The molecule has 0 radical (unpaired) electrons. The summed E-state index contributed by atoms with van der Waals surface area (Å²) < 4.78 is 4.23. The zero-order valence-electron chi connectivity index (χ0n) is 17.9. The van der Waals surface area contributed by atoms with Gasteiger partial charge in [0.05, 0.1) is 33.4 Å². The normalized spacial score (nSPS) is 11.5. The Bertz CT molecular complexity index is 2010. The van der Waals surface area contributed by atoms with Crippen LogP contribution in [0.2, 0.25) is 0 Å². The van der Waals surface area contributed by atoms with Crippen LogP contribution in [0.1, 0.15) is 11.1 Å². The Balaban J connectivity index is 1.91. The van der Waals surface area contributed by atoms with E-state index in [9.17, 15) is 10.5 Å². The third kappa shape index (κ3) is 2.23. The summed E-state index contributed by atoms with van der Waals surface area (Å²) >= 11 is 0. The third-order valence-electron chi connectivity index (χ3n) is 6.56. The van der Waals surface area contributed by atoms with E-state index in [0.29, 0.717) is 16.8 Å². The molecule has 0 amide bonds. The summed E-state index contributed by atoms with van der Waals surface area (Å²) in [5, 5.41) is 24.3. The summed E-state index contributed by atoms with van der Waals surface area (Å²) in [6, 6.07) is 34.4. The van der Waals surface area contributed by atoms with Crippen LogP contribution >= 0.6 is 0 Å². The molecule has 34 heavy (non-hydrogen) atoms. The second-order valence-electron chi connectivity index (χ2n) is 8.28. The van der Waals surface area contributed by atoms with Crippen LogP contribution in [0.3, 0.4) is 0 Å². The molecule has 0 aliphatic carbocycles. The molecular formula is C29H15N5. The van der Waals surface area contributed by atoms with Gasteiger partial charge in [0.1, 0.15) is 23.4 Å². The lowest BCUT2D eigenvalue weighted by Crippen LogP contribution is -2.04. The maximum atomic E-state index is 10.0. The van der Waals surface area contributed by atoms with Gasteiger partial charge < -0.3 is 0 Å². The van der Waals surface area contributed by atoms with Gasteiger partial charge >= 0.3 is 0 Å². The maximum Gasteiger partial charge on any atom is 0.147 e. The van der Waals surface area contributed by atoms with E-state index in [2.05, 4.69) is 45.4 Å². The second kappa shape index (κ2) is 6.68. The van der Waals surface area contributed by atoms with E-state index in [1.165, 1.54) is 0 Å². The number of para-hydroxylation sites is 4. The molecule has 0 saturated heterocycles. The summed E-state index contributed by atoms with van der Waals surface area (Å²) in [4.78, 5) is 5.00. The smallest absolute Gasteiger partial charge is 0.147 e. The highest BCUT2D eigenvalue weighted by molar-refractivity contribution is 6.24. The summed E-state index contributed by atoms with van der Waals surface area (Å²) in [5.41, 5.74) is 6.04. The van der Waals surface area contributed by atoms with Gasteiger partial charge in [0.25, 0.3) is 0 Å². The predicted molar refractivity (Wildman–Crippen MR) is 134 cm³/mol. The molecule has 0 bridgehead atoms. The van der Waals surface area contributed by atoms with Gasteiger partial charge in [-0.05, 0) is 35.7 Å². The van der Waals surface area contributed by atoms with Gasteiger partial charge in [-0.3, -0.25) is 8.97 Å². The second-order valence-corrected chi connectivity index (χ2v) is 8.28. The number of nitriles is 2. The van der Waals surface area contributed by atoms with E-state index in [1.807, 2.05) is 48.5 Å². The maximum absolute atomic E-state index is 10.0. The SMILES string of the molecule is N#Cc1cccc(C#N)c1-n1c2ccccc2c2c3ccccc3c3nc4ccccc4n3c21. The number of hydrogen-bond acceptors (Lipinski definition) is 3. The van der Waals surface area contributed by atoms with Crippen LogP contribution in [0.4, 0.5) is 0 Å². The molecule has 3 heterocycles. The first-order valence-electron chi connectivity index (χ1n) is 11.0. The lowest BCUT2D eigenvalue weighted by atomic mass is 10.1. The molecule has 7 aromatic rings. The third-order valence-corrected chi connectivity index (χ3v) is 6.56. The molecule has 0 aliphatic heterocycles. The number of benzene rings is 4. The van der Waals surface area contributed by atoms with E-state index in [4.69, 9.17) is 4.98 Å². The minimum atomic E-state index is 0.451. The number of rotatable bonds is 1. The van der Waals surface area contributed by atoms with Gasteiger partial charge in [-0.2, -0.15) is 10.5 Å². The molecule has 0 spiro atoms. The number of aromatic nitrogens is 3. The van der Waals surface area contributed by atoms with Gasteiger partial charge in [0.2, 0.25) is 0 Å². The van der Waals surface area contributed by atoms with Crippen molar-refractivity contribution in [1.82, 2.24) is 14.0 Å². The Hall–Kier alpha value is -5.13. The Labute approximate surface area is 193 Å². The van der Waals surface area contributed by atoms with Gasteiger partial charge in [-0.1, -0.05) is 60.7 Å². The van der Waals surface area contributed by atoms with Crippen molar-refractivity contribution in [2.45, 2.75) is 0 Å². The fourth-order valence-electron chi connectivity index (χ4n) is 5.21. The van der Waals surface area contributed by atoms with Crippen molar-refractivity contribution in [3.63, 3.8) is 0 Å². The molecule has 4 aromatic carbocycles. The largest absolute Gasteiger partial charge is 0.292 e. The first-order valence-corrected chi connectivity index (χ1v) is 11.0. The lowest BCUT2D eigenvalue weighted by Gasteiger charge is -2.14. The summed E-state index contributed by atoms with van der Waals surface area (Å²) in [6.45, 7) is 0. The van der Waals surface area contributed by atoms with Crippen LogP contribution in [0, 0.1) is 22.7 Å². The van der Waals surface area contributed by atoms with Crippen LogP contribution in [0.25, 0.3) is 55.1 Å². The molecule has 7 rings (SSSR count). The van der Waals surface area contributed by atoms with Gasteiger partial charge in [0.15, 0.2) is 0 Å². The quantitative estimate of drug-likeness (QED) is 0.297. The van der Waals surface area contributed by atoms with E-state index >= 15 is 0 Å². The van der Waals surface area contributed by atoms with E-state index < -0.39 is 0 Å². The predicted octanol–water partition coefficient (Wildman–Crippen LogP) is 6.48. The van der Waals surface area contributed by atoms with Crippen molar-refractivity contribution in [2.24, 2.45) is 0 Å². The molecule has 0 fully saturated rings. The van der Waals surface area contributed by atoms with E-state index in [1.54, 1.807) is 18.2 Å². The molecule has 0 N–H and O–H groups in total. The van der Waals surface area contributed by atoms with Crippen LogP contribution in [-0.2, 0) is 0 Å². The Morgan fingerprint density at radius 3 is 1.97 bits per heavy atom. The molecule has 5 nitrogen and oxygen atoms in total. The van der Waals surface area contributed by atoms with E-state index in [0.717, 1.165) is 49.4 Å². The first kappa shape index (κ1) is 18.4. The highest BCUT2D eigenvalue weighted by Crippen LogP contribution is 2.40. The fourth-order valence-corrected chi connectivity index (χ4v) is 5.21. The molecular weight excluding hydrogens is 418 g/mol.